The molecule has 1 unspecified atom stereocenters. The molecule has 0 amide bonds. The van der Waals surface area contributed by atoms with Crippen molar-refractivity contribution < 1.29 is 28.6 Å². The quantitative estimate of drug-likeness (QED) is 0.0261. The second kappa shape index (κ2) is 65.8. The molecule has 0 heterocycles. The van der Waals surface area contributed by atoms with E-state index in [2.05, 4.69) is 118 Å². The zero-order valence-corrected chi connectivity index (χ0v) is 51.4. The van der Waals surface area contributed by atoms with Crippen molar-refractivity contribution in [2.75, 3.05) is 13.2 Å². The largest absolute Gasteiger partial charge is 0.462 e. The molecule has 448 valence electrons. The third kappa shape index (κ3) is 63.2. The molecule has 0 bridgehead atoms. The minimum absolute atomic E-state index is 0.0769. The molecule has 78 heavy (non-hydrogen) atoms. The number of ether oxygens (including phenoxy) is 3. The third-order valence-corrected chi connectivity index (χ3v) is 14.3. The summed E-state index contributed by atoms with van der Waals surface area (Å²) in [6, 6.07) is 0. The summed E-state index contributed by atoms with van der Waals surface area (Å²) in [5, 5.41) is 0. The number of esters is 3. The lowest BCUT2D eigenvalue weighted by Crippen LogP contribution is -2.30. The highest BCUT2D eigenvalue weighted by molar-refractivity contribution is 5.71. The van der Waals surface area contributed by atoms with Crippen molar-refractivity contribution in [3.8, 4) is 0 Å². The summed E-state index contributed by atoms with van der Waals surface area (Å²) < 4.78 is 16.9. The van der Waals surface area contributed by atoms with Gasteiger partial charge in [-0.2, -0.15) is 0 Å². The maximum absolute atomic E-state index is 12.9. The van der Waals surface area contributed by atoms with E-state index < -0.39 is 6.10 Å². The van der Waals surface area contributed by atoms with Crippen molar-refractivity contribution in [3.63, 3.8) is 0 Å². The standard InChI is InChI=1S/C72H124O6/c1-4-7-10-13-16-19-22-24-26-28-30-32-33-34-35-36-37-38-39-41-42-44-46-48-50-53-56-59-62-65-71(74)77-68-69(67-76-70(73)64-61-58-55-52-21-18-15-12-9-6-3)78-72(75)66-63-60-57-54-51-49-47-45-43-40-31-29-27-25-23-20-17-14-11-8-5-2/h7-8,10-11,16-17,19-20,24-27,30-32,40,69H,4-6,9,12-15,18,21-23,28-29,33-39,41-68H2,1-3H3/b10-7-,11-8-,19-16-,20-17-,26-24-,27-25-,32-30-,40-31-. The van der Waals surface area contributed by atoms with Crippen LogP contribution in [0.3, 0.4) is 0 Å². The van der Waals surface area contributed by atoms with Gasteiger partial charge in [-0.05, 0) is 96.3 Å². The Morgan fingerprint density at radius 1 is 0.269 bits per heavy atom. The Bertz CT molecular complexity index is 1530. The molecule has 1 atom stereocenters. The number of rotatable bonds is 60. The van der Waals surface area contributed by atoms with Gasteiger partial charge in [-0.25, -0.2) is 0 Å². The lowest BCUT2D eigenvalue weighted by atomic mass is 10.0. The van der Waals surface area contributed by atoms with Gasteiger partial charge in [0, 0.05) is 19.3 Å². The lowest BCUT2D eigenvalue weighted by molar-refractivity contribution is -0.167. The first-order valence-corrected chi connectivity index (χ1v) is 33.2. The summed E-state index contributed by atoms with van der Waals surface area (Å²) in [4.78, 5) is 38.3. The summed E-state index contributed by atoms with van der Waals surface area (Å²) >= 11 is 0. The molecule has 6 heteroatoms. The van der Waals surface area contributed by atoms with Gasteiger partial charge in [-0.15, -0.1) is 0 Å². The maximum Gasteiger partial charge on any atom is 0.306 e. The zero-order valence-electron chi connectivity index (χ0n) is 51.4. The number of allylic oxidation sites excluding steroid dienone is 16. The fourth-order valence-electron chi connectivity index (χ4n) is 9.43. The predicted octanol–water partition coefficient (Wildman–Crippen LogP) is 22.8. The summed E-state index contributed by atoms with van der Waals surface area (Å²) in [6.45, 7) is 6.43. The molecule has 0 aliphatic carbocycles. The Morgan fingerprint density at radius 2 is 0.500 bits per heavy atom. The molecule has 0 aliphatic heterocycles. The van der Waals surface area contributed by atoms with E-state index in [9.17, 15) is 14.4 Å². The second-order valence-electron chi connectivity index (χ2n) is 22.0. The molecule has 0 aromatic rings. The van der Waals surface area contributed by atoms with Crippen molar-refractivity contribution in [1.82, 2.24) is 0 Å². The van der Waals surface area contributed by atoms with E-state index in [1.807, 2.05) is 0 Å². The van der Waals surface area contributed by atoms with Crippen LogP contribution < -0.4 is 0 Å². The molecule has 0 aliphatic rings. The first kappa shape index (κ1) is 74.3. The highest BCUT2D eigenvalue weighted by Gasteiger charge is 2.19. The molecule has 0 rings (SSSR count). The van der Waals surface area contributed by atoms with Gasteiger partial charge in [-0.3, -0.25) is 14.4 Å². The van der Waals surface area contributed by atoms with Crippen LogP contribution in [0.15, 0.2) is 97.2 Å². The number of carbonyl (C=O) groups excluding carboxylic acids is 3. The van der Waals surface area contributed by atoms with Gasteiger partial charge in [0.25, 0.3) is 0 Å². The predicted molar refractivity (Wildman–Crippen MR) is 339 cm³/mol. The monoisotopic (exact) mass is 1080 g/mol. The van der Waals surface area contributed by atoms with Crippen LogP contribution in [0.2, 0.25) is 0 Å². The highest BCUT2D eigenvalue weighted by Crippen LogP contribution is 2.17. The summed E-state index contributed by atoms with van der Waals surface area (Å²) in [5.74, 6) is -0.873. The van der Waals surface area contributed by atoms with E-state index in [1.54, 1.807) is 0 Å². The van der Waals surface area contributed by atoms with Gasteiger partial charge in [0.2, 0.25) is 0 Å². The van der Waals surface area contributed by atoms with E-state index in [-0.39, 0.29) is 31.1 Å². The second-order valence-corrected chi connectivity index (χ2v) is 22.0. The Balaban J connectivity index is 4.19. The van der Waals surface area contributed by atoms with Crippen LogP contribution in [0.1, 0.15) is 323 Å². The van der Waals surface area contributed by atoms with Crippen LogP contribution in [0.5, 0.6) is 0 Å². The Hall–Kier alpha value is -3.67. The molecule has 6 nitrogen and oxygen atoms in total. The van der Waals surface area contributed by atoms with Gasteiger partial charge in [0.05, 0.1) is 0 Å². The summed E-state index contributed by atoms with van der Waals surface area (Å²) in [6.07, 6.45) is 88.6. The Labute approximate surface area is 483 Å². The topological polar surface area (TPSA) is 78.9 Å². The average molecular weight is 1090 g/mol. The van der Waals surface area contributed by atoms with Crippen molar-refractivity contribution >= 4 is 17.9 Å². The molecule has 0 aromatic carbocycles. The van der Waals surface area contributed by atoms with E-state index in [0.717, 1.165) is 116 Å². The van der Waals surface area contributed by atoms with E-state index in [0.29, 0.717) is 19.3 Å². The first-order valence-electron chi connectivity index (χ1n) is 33.2. The van der Waals surface area contributed by atoms with E-state index in [4.69, 9.17) is 14.2 Å². The molecule has 0 radical (unpaired) electrons. The number of hydrogen-bond acceptors (Lipinski definition) is 6. The van der Waals surface area contributed by atoms with Crippen LogP contribution in [0.25, 0.3) is 0 Å². The van der Waals surface area contributed by atoms with Crippen molar-refractivity contribution in [2.24, 2.45) is 0 Å². The fraction of sp³-hybridized carbons (Fsp3) is 0.736. The van der Waals surface area contributed by atoms with Gasteiger partial charge >= 0.3 is 17.9 Å². The molecule has 0 saturated heterocycles. The van der Waals surface area contributed by atoms with Crippen LogP contribution >= 0.6 is 0 Å². The molecule has 0 fully saturated rings. The first-order chi connectivity index (χ1) is 38.5. The van der Waals surface area contributed by atoms with Gasteiger partial charge in [-0.1, -0.05) is 304 Å². The van der Waals surface area contributed by atoms with Crippen molar-refractivity contribution in [3.05, 3.63) is 97.2 Å². The average Bonchev–Trinajstić information content (AvgIpc) is 3.44. The van der Waals surface area contributed by atoms with Crippen molar-refractivity contribution in [2.45, 2.75) is 329 Å². The van der Waals surface area contributed by atoms with Crippen LogP contribution in [0.4, 0.5) is 0 Å². The van der Waals surface area contributed by atoms with Gasteiger partial charge < -0.3 is 14.2 Å². The Kier molecular flexibility index (Phi) is 62.7. The van der Waals surface area contributed by atoms with E-state index in [1.165, 1.54) is 167 Å². The molecule has 0 spiro atoms. The SMILES string of the molecule is CC/C=C\C/C=C\C/C=C\C/C=C\CCCCCCCCCCCCCCCCCCC(=O)OCC(COC(=O)CCCCCCCCCCCC)OC(=O)CCCCCCCCCC/C=C\C/C=C\C/C=C\C/C=C\CC. The third-order valence-electron chi connectivity index (χ3n) is 14.3. The van der Waals surface area contributed by atoms with Crippen molar-refractivity contribution in [1.29, 1.82) is 0 Å². The molecule has 0 saturated carbocycles. The molecular formula is C72H124O6. The number of hydrogen-bond donors (Lipinski definition) is 0. The number of carbonyl (C=O) groups is 3. The summed E-state index contributed by atoms with van der Waals surface area (Å²) in [7, 11) is 0. The fourth-order valence-corrected chi connectivity index (χ4v) is 9.43. The van der Waals surface area contributed by atoms with Gasteiger partial charge in [0.15, 0.2) is 6.10 Å². The van der Waals surface area contributed by atoms with Crippen LogP contribution in [-0.2, 0) is 28.6 Å². The normalized spacial score (nSPS) is 12.7. The van der Waals surface area contributed by atoms with Crippen LogP contribution in [0, 0.1) is 0 Å². The minimum Gasteiger partial charge on any atom is -0.462 e. The smallest absolute Gasteiger partial charge is 0.306 e. The Morgan fingerprint density at radius 3 is 0.782 bits per heavy atom. The molecule has 0 aromatic heterocycles. The zero-order chi connectivity index (χ0) is 56.4. The van der Waals surface area contributed by atoms with Crippen LogP contribution in [-0.4, -0.2) is 37.2 Å². The number of unbranched alkanes of at least 4 members (excludes halogenated alkanes) is 33. The summed E-state index contributed by atoms with van der Waals surface area (Å²) in [5.41, 5.74) is 0. The van der Waals surface area contributed by atoms with E-state index >= 15 is 0 Å². The molecular weight excluding hydrogens is 961 g/mol. The highest BCUT2D eigenvalue weighted by atomic mass is 16.6. The molecule has 0 N–H and O–H groups in total. The minimum atomic E-state index is -0.780. The maximum atomic E-state index is 12.9. The van der Waals surface area contributed by atoms with Gasteiger partial charge in [0.1, 0.15) is 13.2 Å². The lowest BCUT2D eigenvalue weighted by Gasteiger charge is -2.18.